The van der Waals surface area contributed by atoms with Crippen LogP contribution in [-0.2, 0) is 9.53 Å². The number of nitrogens with zero attached hydrogens (tertiary/aromatic N) is 2. The Bertz CT molecular complexity index is 1090. The number of fused-ring (bicyclic) bond motifs is 1. The third-order valence-corrected chi connectivity index (χ3v) is 6.01. The van der Waals surface area contributed by atoms with Crippen LogP contribution in [0.15, 0.2) is 42.5 Å². The maximum Gasteiger partial charge on any atom is 0.338 e. The molecule has 1 saturated heterocycles. The van der Waals surface area contributed by atoms with E-state index in [1.54, 1.807) is 29.2 Å². The second-order valence-corrected chi connectivity index (χ2v) is 8.94. The first-order valence-corrected chi connectivity index (χ1v) is 10.9. The summed E-state index contributed by atoms with van der Waals surface area (Å²) in [6.07, 6.45) is 1.07. The van der Waals surface area contributed by atoms with Gasteiger partial charge < -0.3 is 9.64 Å². The summed E-state index contributed by atoms with van der Waals surface area (Å²) in [5, 5.41) is 0.485. The highest BCUT2D eigenvalue weighted by molar-refractivity contribution is 6.35. The molecule has 0 radical (unpaired) electrons. The molecule has 166 valence electrons. The van der Waals surface area contributed by atoms with Gasteiger partial charge in [0.05, 0.1) is 22.4 Å². The Morgan fingerprint density at radius 3 is 2.25 bits per heavy atom. The van der Waals surface area contributed by atoms with E-state index in [2.05, 4.69) is 13.8 Å². The van der Waals surface area contributed by atoms with Crippen molar-refractivity contribution in [3.8, 4) is 0 Å². The van der Waals surface area contributed by atoms with E-state index >= 15 is 0 Å². The van der Waals surface area contributed by atoms with Gasteiger partial charge in [-0.1, -0.05) is 25.4 Å². The minimum atomic E-state index is -0.718. The van der Waals surface area contributed by atoms with Crippen molar-refractivity contribution < 1.29 is 23.9 Å². The molecule has 3 amide bonds. The zero-order valence-corrected chi connectivity index (χ0v) is 18.6. The van der Waals surface area contributed by atoms with Crippen LogP contribution in [0.3, 0.4) is 0 Å². The minimum Gasteiger partial charge on any atom is -0.452 e. The lowest BCUT2D eigenvalue weighted by Crippen LogP contribution is -2.44. The van der Waals surface area contributed by atoms with Crippen LogP contribution in [0.5, 0.6) is 0 Å². The van der Waals surface area contributed by atoms with E-state index in [9.17, 15) is 19.2 Å². The standard InChI is InChI=1S/C24H23ClN2O5/c1-14-9-15(2)12-26(11-14)21(28)13-32-24(31)16-3-8-19-20(10-16)23(30)27(22(19)29)18-6-4-17(25)5-7-18/h3-8,10,14-15H,9,11-13H2,1-2H3/t14-,15+. The van der Waals surface area contributed by atoms with Gasteiger partial charge in [0.2, 0.25) is 0 Å². The van der Waals surface area contributed by atoms with Crippen molar-refractivity contribution in [2.75, 3.05) is 24.6 Å². The fourth-order valence-electron chi connectivity index (χ4n) is 4.36. The number of piperidine rings is 1. The van der Waals surface area contributed by atoms with Crippen LogP contribution >= 0.6 is 11.6 Å². The number of carbonyl (C=O) groups excluding carboxylic acids is 4. The highest BCUT2D eigenvalue weighted by atomic mass is 35.5. The van der Waals surface area contributed by atoms with Crippen LogP contribution < -0.4 is 4.90 Å². The van der Waals surface area contributed by atoms with Gasteiger partial charge in [-0.05, 0) is 60.7 Å². The van der Waals surface area contributed by atoms with Crippen molar-refractivity contribution in [1.82, 2.24) is 4.90 Å². The number of hydrogen-bond donors (Lipinski definition) is 0. The Hall–Kier alpha value is -3.19. The second-order valence-electron chi connectivity index (χ2n) is 8.50. The van der Waals surface area contributed by atoms with Gasteiger partial charge in [0, 0.05) is 18.1 Å². The zero-order chi connectivity index (χ0) is 23.0. The van der Waals surface area contributed by atoms with Crippen LogP contribution in [0.4, 0.5) is 5.69 Å². The van der Waals surface area contributed by atoms with Crippen molar-refractivity contribution in [1.29, 1.82) is 0 Å². The van der Waals surface area contributed by atoms with Crippen molar-refractivity contribution in [2.24, 2.45) is 11.8 Å². The predicted octanol–water partition coefficient (Wildman–Crippen LogP) is 3.80. The summed E-state index contributed by atoms with van der Waals surface area (Å²) in [5.74, 6) is -1.16. The SMILES string of the molecule is C[C@@H]1C[C@H](C)CN(C(=O)COC(=O)c2ccc3c(c2)C(=O)N(c2ccc(Cl)cc2)C3=O)C1. The van der Waals surface area contributed by atoms with E-state index in [0.29, 0.717) is 35.6 Å². The van der Waals surface area contributed by atoms with Crippen molar-refractivity contribution in [3.63, 3.8) is 0 Å². The second kappa shape index (κ2) is 8.74. The molecule has 2 aliphatic heterocycles. The number of halogens is 1. The summed E-state index contributed by atoms with van der Waals surface area (Å²) in [7, 11) is 0. The summed E-state index contributed by atoms with van der Waals surface area (Å²) in [6, 6.07) is 10.5. The first-order valence-electron chi connectivity index (χ1n) is 10.5. The molecule has 7 nitrogen and oxygen atoms in total. The first-order chi connectivity index (χ1) is 15.2. The average molecular weight is 455 g/mol. The monoisotopic (exact) mass is 454 g/mol. The summed E-state index contributed by atoms with van der Waals surface area (Å²) in [6.45, 7) is 5.13. The summed E-state index contributed by atoms with van der Waals surface area (Å²) < 4.78 is 5.21. The van der Waals surface area contributed by atoms with Gasteiger partial charge in [0.15, 0.2) is 6.61 Å². The molecule has 0 N–H and O–H groups in total. The lowest BCUT2D eigenvalue weighted by Gasteiger charge is -2.34. The summed E-state index contributed by atoms with van der Waals surface area (Å²) in [4.78, 5) is 53.3. The number of amides is 3. The normalized spacial score (nSPS) is 20.3. The number of anilines is 1. The Morgan fingerprint density at radius 1 is 0.969 bits per heavy atom. The van der Waals surface area contributed by atoms with Crippen LogP contribution in [0.2, 0.25) is 5.02 Å². The minimum absolute atomic E-state index is 0.107. The quantitative estimate of drug-likeness (QED) is 0.518. The molecule has 2 atom stereocenters. The molecule has 2 aromatic carbocycles. The fourth-order valence-corrected chi connectivity index (χ4v) is 4.49. The molecule has 0 aliphatic carbocycles. The molecule has 2 aromatic rings. The van der Waals surface area contributed by atoms with E-state index in [1.165, 1.54) is 18.2 Å². The van der Waals surface area contributed by atoms with E-state index in [-0.39, 0.29) is 29.2 Å². The maximum atomic E-state index is 12.9. The van der Waals surface area contributed by atoms with Crippen LogP contribution in [0, 0.1) is 11.8 Å². The Labute approximate surface area is 190 Å². The average Bonchev–Trinajstić information content (AvgIpc) is 3.01. The number of likely N-dealkylation sites (tertiary alicyclic amines) is 1. The lowest BCUT2D eigenvalue weighted by atomic mass is 9.92. The van der Waals surface area contributed by atoms with Crippen molar-refractivity contribution in [3.05, 3.63) is 64.2 Å². The first kappa shape index (κ1) is 22.0. The highest BCUT2D eigenvalue weighted by Crippen LogP contribution is 2.30. The van der Waals surface area contributed by atoms with Gasteiger partial charge in [-0.3, -0.25) is 14.4 Å². The van der Waals surface area contributed by atoms with Gasteiger partial charge in [0.25, 0.3) is 17.7 Å². The number of esters is 1. The number of rotatable bonds is 4. The molecule has 8 heteroatoms. The van der Waals surface area contributed by atoms with Gasteiger partial charge in [-0.15, -0.1) is 0 Å². The molecule has 0 bridgehead atoms. The summed E-state index contributed by atoms with van der Waals surface area (Å²) in [5.41, 5.74) is 0.814. The topological polar surface area (TPSA) is 84.0 Å². The van der Waals surface area contributed by atoms with E-state index in [4.69, 9.17) is 16.3 Å². The molecular weight excluding hydrogens is 432 g/mol. The lowest BCUT2D eigenvalue weighted by molar-refractivity contribution is -0.137. The number of carbonyl (C=O) groups is 4. The molecule has 2 aliphatic rings. The predicted molar refractivity (Wildman–Crippen MR) is 119 cm³/mol. The Balaban J connectivity index is 1.45. The molecule has 2 heterocycles. The van der Waals surface area contributed by atoms with E-state index in [1.807, 2.05) is 0 Å². The van der Waals surface area contributed by atoms with Crippen LogP contribution in [-0.4, -0.2) is 48.3 Å². The van der Waals surface area contributed by atoms with Gasteiger partial charge >= 0.3 is 5.97 Å². The number of hydrogen-bond acceptors (Lipinski definition) is 5. The largest absolute Gasteiger partial charge is 0.452 e. The smallest absolute Gasteiger partial charge is 0.338 e. The number of benzene rings is 2. The fraction of sp³-hybridized carbons (Fsp3) is 0.333. The van der Waals surface area contributed by atoms with E-state index in [0.717, 1.165) is 11.3 Å². The van der Waals surface area contributed by atoms with Crippen molar-refractivity contribution >= 4 is 41.0 Å². The molecule has 0 aromatic heterocycles. The van der Waals surface area contributed by atoms with Gasteiger partial charge in [-0.25, -0.2) is 9.69 Å². The third-order valence-electron chi connectivity index (χ3n) is 5.76. The van der Waals surface area contributed by atoms with E-state index < -0.39 is 17.8 Å². The Morgan fingerprint density at radius 2 is 1.59 bits per heavy atom. The number of imide groups is 1. The molecule has 0 unspecified atom stereocenters. The van der Waals surface area contributed by atoms with Gasteiger partial charge in [0.1, 0.15) is 0 Å². The van der Waals surface area contributed by atoms with Gasteiger partial charge in [-0.2, -0.15) is 0 Å². The van der Waals surface area contributed by atoms with Crippen LogP contribution in [0.1, 0.15) is 51.3 Å². The molecule has 4 rings (SSSR count). The molecule has 1 fully saturated rings. The summed E-state index contributed by atoms with van der Waals surface area (Å²) >= 11 is 5.88. The molecule has 32 heavy (non-hydrogen) atoms. The highest BCUT2D eigenvalue weighted by Gasteiger charge is 2.37. The third kappa shape index (κ3) is 4.25. The molecule has 0 saturated carbocycles. The molecular formula is C24H23ClN2O5. The Kier molecular flexibility index (Phi) is 6.02. The zero-order valence-electron chi connectivity index (χ0n) is 17.8. The van der Waals surface area contributed by atoms with Crippen molar-refractivity contribution in [2.45, 2.75) is 20.3 Å². The number of ether oxygens (including phenoxy) is 1. The maximum absolute atomic E-state index is 12.9. The molecule has 0 spiro atoms. The van der Waals surface area contributed by atoms with Crippen LogP contribution in [0.25, 0.3) is 0 Å².